The van der Waals surface area contributed by atoms with Crippen molar-refractivity contribution in [3.05, 3.63) is 71.8 Å². The number of anilines is 2. The van der Waals surface area contributed by atoms with Crippen LogP contribution in [0.5, 0.6) is 0 Å². The molecule has 0 radical (unpaired) electrons. The molecule has 5 N–H and O–H groups in total. The lowest BCUT2D eigenvalue weighted by atomic mass is 10.1. The molecule has 198 valence electrons. The van der Waals surface area contributed by atoms with Gasteiger partial charge in [0.15, 0.2) is 11.5 Å². The molecule has 1 aromatic heterocycles. The molecule has 2 aromatic rings. The number of hydrogen-bond acceptors (Lipinski definition) is 7. The molecule has 2 fully saturated rings. The van der Waals surface area contributed by atoms with E-state index in [-0.39, 0.29) is 23.1 Å². The molecular weight excluding hydrogens is 480 g/mol. The van der Waals surface area contributed by atoms with Gasteiger partial charge in [0, 0.05) is 31.9 Å². The summed E-state index contributed by atoms with van der Waals surface area (Å²) in [6, 6.07) is 7.60. The number of alkyl halides is 2. The van der Waals surface area contributed by atoms with E-state index in [0.717, 1.165) is 44.5 Å². The number of carbonyl (C=O) groups is 2. The number of hydrogen-bond donors (Lipinski definition) is 3. The molecule has 37 heavy (non-hydrogen) atoms. The third-order valence-corrected chi connectivity index (χ3v) is 6.05. The van der Waals surface area contributed by atoms with Crippen LogP contribution < -0.4 is 21.7 Å². The van der Waals surface area contributed by atoms with Gasteiger partial charge in [-0.1, -0.05) is 18.7 Å². The number of carbonyl (C=O) groups excluding carboxylic acids is 2. The average molecular weight is 514 g/mol. The number of aromatic nitrogens is 2. The Bertz CT molecular complexity index is 1130. The summed E-state index contributed by atoms with van der Waals surface area (Å²) in [6.45, 7) is 2.61. The third kappa shape index (κ3) is 7.99. The van der Waals surface area contributed by atoms with Crippen LogP contribution in [-0.4, -0.2) is 53.4 Å². The molecule has 11 heteroatoms. The van der Waals surface area contributed by atoms with Crippen molar-refractivity contribution in [1.82, 2.24) is 14.9 Å². The van der Waals surface area contributed by atoms with Gasteiger partial charge < -0.3 is 26.6 Å². The highest BCUT2D eigenvalue weighted by Gasteiger charge is 2.23. The Kier molecular flexibility index (Phi) is 9.53. The van der Waals surface area contributed by atoms with Gasteiger partial charge in [0.1, 0.15) is 5.82 Å². The number of primary amides is 2. The van der Waals surface area contributed by atoms with Crippen LogP contribution in [0.25, 0.3) is 0 Å². The highest BCUT2D eigenvalue weighted by atomic mass is 19.3. The molecule has 0 unspecified atom stereocenters. The molecule has 2 aliphatic rings. The van der Waals surface area contributed by atoms with Crippen LogP contribution >= 0.6 is 0 Å². The topological polar surface area (TPSA) is 130 Å². The van der Waals surface area contributed by atoms with Gasteiger partial charge in [-0.15, -0.1) is 0 Å². The van der Waals surface area contributed by atoms with Crippen molar-refractivity contribution in [2.45, 2.75) is 44.6 Å². The highest BCUT2D eigenvalue weighted by Crippen LogP contribution is 2.39. The molecule has 0 bridgehead atoms. The number of nitrogens with two attached hydrogens (primary N) is 2. The van der Waals surface area contributed by atoms with Gasteiger partial charge in [-0.25, -0.2) is 9.97 Å². The quantitative estimate of drug-likeness (QED) is 0.343. The maximum absolute atomic E-state index is 12.7. The van der Waals surface area contributed by atoms with Crippen LogP contribution in [0.1, 0.15) is 64.4 Å². The smallest absolute Gasteiger partial charge is 0.314 e. The Morgan fingerprint density at radius 1 is 1.14 bits per heavy atom. The number of nitrogens with one attached hydrogen (secondary N) is 1. The summed E-state index contributed by atoms with van der Waals surface area (Å²) in [7, 11) is 1.22. The van der Waals surface area contributed by atoms with E-state index in [0.29, 0.717) is 16.3 Å². The summed E-state index contributed by atoms with van der Waals surface area (Å²) in [6.07, 6.45) is 9.86. The standard InChI is InChI=1S/C16H22F2N6O.C10H11NO/c1-3-11(10-23(2)16(17)18)21-15-13(14(19)25)20-9-12(22-15)24-7-5-4-6-8-24;11-10(12)9-5-3-8(4-6-9)7-1-2-7/h3,9-10,16H,1,4-8H2,2H3,(H2,19,25)(H,21,22);3-7H,1-2H2,(H2,11,12)/b11-10+;. The first-order chi connectivity index (χ1) is 17.7. The van der Waals surface area contributed by atoms with Gasteiger partial charge in [-0.05, 0) is 61.8 Å². The van der Waals surface area contributed by atoms with Crippen molar-refractivity contribution >= 4 is 23.5 Å². The molecule has 4 rings (SSSR count). The highest BCUT2D eigenvalue weighted by molar-refractivity contribution is 5.96. The SMILES string of the molecule is C=C/C(=C\N(C)C(F)F)Nc1nc(N2CCCCC2)cnc1C(N)=O.NC(=O)c1ccc(C2CC2)cc1. The first kappa shape index (κ1) is 27.6. The maximum atomic E-state index is 12.7. The summed E-state index contributed by atoms with van der Waals surface area (Å²) in [4.78, 5) is 33.6. The number of benzene rings is 1. The second-order valence-corrected chi connectivity index (χ2v) is 8.95. The number of halogens is 2. The fourth-order valence-electron chi connectivity index (χ4n) is 3.81. The molecule has 1 aromatic carbocycles. The van der Waals surface area contributed by atoms with Crippen molar-refractivity contribution in [2.75, 3.05) is 30.4 Å². The maximum Gasteiger partial charge on any atom is 0.314 e. The number of nitrogens with zero attached hydrogens (tertiary/aromatic N) is 4. The first-order valence-electron chi connectivity index (χ1n) is 12.1. The van der Waals surface area contributed by atoms with Crippen molar-refractivity contribution in [3.63, 3.8) is 0 Å². The molecule has 1 aliphatic carbocycles. The van der Waals surface area contributed by atoms with E-state index < -0.39 is 12.5 Å². The summed E-state index contributed by atoms with van der Waals surface area (Å²) in [5, 5.41) is 2.81. The summed E-state index contributed by atoms with van der Waals surface area (Å²) >= 11 is 0. The van der Waals surface area contributed by atoms with E-state index in [1.54, 1.807) is 12.1 Å². The largest absolute Gasteiger partial charge is 0.366 e. The van der Waals surface area contributed by atoms with Crippen molar-refractivity contribution in [3.8, 4) is 0 Å². The number of allylic oxidation sites excluding steroid dienone is 1. The lowest BCUT2D eigenvalue weighted by Crippen LogP contribution is -2.31. The van der Waals surface area contributed by atoms with Crippen molar-refractivity contribution in [2.24, 2.45) is 11.5 Å². The van der Waals surface area contributed by atoms with Crippen molar-refractivity contribution in [1.29, 1.82) is 0 Å². The normalized spacial score (nSPS) is 15.5. The van der Waals surface area contributed by atoms with E-state index in [1.165, 1.54) is 37.7 Å². The van der Waals surface area contributed by atoms with E-state index in [1.807, 2.05) is 12.1 Å². The molecular formula is C26H33F2N7O2. The third-order valence-electron chi connectivity index (χ3n) is 6.05. The van der Waals surface area contributed by atoms with Crippen LogP contribution in [0.2, 0.25) is 0 Å². The first-order valence-corrected chi connectivity index (χ1v) is 12.1. The van der Waals surface area contributed by atoms with Gasteiger partial charge in [-0.3, -0.25) is 9.59 Å². The van der Waals surface area contributed by atoms with Gasteiger partial charge in [0.05, 0.1) is 11.9 Å². The van der Waals surface area contributed by atoms with Gasteiger partial charge in [-0.2, -0.15) is 8.78 Å². The molecule has 2 heterocycles. The monoisotopic (exact) mass is 513 g/mol. The summed E-state index contributed by atoms with van der Waals surface area (Å²) in [5.74, 6) is 0.359. The zero-order chi connectivity index (χ0) is 26.9. The van der Waals surface area contributed by atoms with E-state index >= 15 is 0 Å². The molecule has 1 saturated carbocycles. The molecule has 1 aliphatic heterocycles. The van der Waals surface area contributed by atoms with E-state index in [9.17, 15) is 18.4 Å². The minimum absolute atomic E-state index is 0.0618. The van der Waals surface area contributed by atoms with Crippen LogP contribution in [0.3, 0.4) is 0 Å². The Morgan fingerprint density at radius 3 is 2.30 bits per heavy atom. The van der Waals surface area contributed by atoms with Crippen LogP contribution in [0, 0.1) is 0 Å². The lowest BCUT2D eigenvalue weighted by Gasteiger charge is -2.28. The van der Waals surface area contributed by atoms with E-state index in [4.69, 9.17) is 11.5 Å². The van der Waals surface area contributed by atoms with E-state index in [2.05, 4.69) is 26.8 Å². The molecule has 1 saturated heterocycles. The summed E-state index contributed by atoms with van der Waals surface area (Å²) < 4.78 is 25.4. The molecule has 0 atom stereocenters. The summed E-state index contributed by atoms with van der Waals surface area (Å²) in [5.41, 5.74) is 12.6. The van der Waals surface area contributed by atoms with Gasteiger partial charge in [0.25, 0.3) is 5.91 Å². The average Bonchev–Trinajstić information content (AvgIpc) is 3.74. The fraction of sp³-hybridized carbons (Fsp3) is 0.385. The van der Waals surface area contributed by atoms with Crippen LogP contribution in [-0.2, 0) is 0 Å². The molecule has 0 spiro atoms. The minimum atomic E-state index is -2.67. The number of piperidine rings is 1. The van der Waals surface area contributed by atoms with Crippen LogP contribution in [0.4, 0.5) is 20.4 Å². The fourth-order valence-corrected chi connectivity index (χ4v) is 3.81. The second kappa shape index (κ2) is 12.8. The van der Waals surface area contributed by atoms with Crippen LogP contribution in [0.15, 0.2) is 55.0 Å². The zero-order valence-electron chi connectivity index (χ0n) is 20.9. The predicted octanol–water partition coefficient (Wildman–Crippen LogP) is 3.82. The Morgan fingerprint density at radius 2 is 1.78 bits per heavy atom. The van der Waals surface area contributed by atoms with Crippen molar-refractivity contribution < 1.29 is 18.4 Å². The Labute approximate surface area is 215 Å². The van der Waals surface area contributed by atoms with Gasteiger partial charge in [0.2, 0.25) is 5.91 Å². The number of amides is 2. The minimum Gasteiger partial charge on any atom is -0.366 e. The predicted molar refractivity (Wildman–Crippen MR) is 139 cm³/mol. The molecule has 2 amide bonds. The Hall–Kier alpha value is -4.02. The Balaban J connectivity index is 0.000000262. The van der Waals surface area contributed by atoms with Gasteiger partial charge >= 0.3 is 6.55 Å². The molecule has 9 nitrogen and oxygen atoms in total. The lowest BCUT2D eigenvalue weighted by molar-refractivity contribution is 0.0223. The number of rotatable bonds is 9. The zero-order valence-corrected chi connectivity index (χ0v) is 20.9. The second-order valence-electron chi connectivity index (χ2n) is 8.95.